The molecule has 1 rings (SSSR count). The van der Waals surface area contributed by atoms with E-state index >= 15 is 0 Å². The van der Waals surface area contributed by atoms with Crippen LogP contribution >= 0.6 is 0 Å². The zero-order chi connectivity index (χ0) is 64.6. The number of hydrogen-bond donors (Lipinski definition) is 6. The van der Waals surface area contributed by atoms with Gasteiger partial charge in [0.15, 0.2) is 12.4 Å². The van der Waals surface area contributed by atoms with Crippen LogP contribution in [0.4, 0.5) is 0 Å². The zero-order valence-electron chi connectivity index (χ0n) is 58.1. The van der Waals surface area contributed by atoms with Crippen LogP contribution in [0.25, 0.3) is 0 Å². The van der Waals surface area contributed by atoms with Gasteiger partial charge in [-0.05, 0) is 70.6 Å². The average Bonchev–Trinajstić information content (AvgIpc) is 1.43. The Kier molecular flexibility index (Phi) is 62.0. The molecule has 0 aromatic rings. The fourth-order valence-electron chi connectivity index (χ4n) is 11.9. The molecule has 1 aliphatic rings. The molecule has 11 heteroatoms. The minimum Gasteiger partial charge on any atom is -0.454 e. The van der Waals surface area contributed by atoms with Crippen molar-refractivity contribution in [3.05, 3.63) is 60.8 Å². The quantitative estimate of drug-likeness (QED) is 0.0195. The summed E-state index contributed by atoms with van der Waals surface area (Å²) in [5.41, 5.74) is 0. The van der Waals surface area contributed by atoms with E-state index in [0.717, 1.165) is 83.5 Å². The Morgan fingerprint density at radius 1 is 0.438 bits per heavy atom. The third-order valence-corrected chi connectivity index (χ3v) is 17.9. The van der Waals surface area contributed by atoms with Crippen molar-refractivity contribution in [1.82, 2.24) is 5.32 Å². The molecule has 0 aromatic heterocycles. The lowest BCUT2D eigenvalue weighted by molar-refractivity contribution is -0.305. The lowest BCUT2D eigenvalue weighted by Gasteiger charge is -2.41. The number of rotatable bonds is 66. The summed E-state index contributed by atoms with van der Waals surface area (Å²) in [6.07, 6.45) is 74.1. The van der Waals surface area contributed by atoms with E-state index in [2.05, 4.69) is 74.7 Å². The van der Waals surface area contributed by atoms with E-state index in [-0.39, 0.29) is 13.0 Å². The van der Waals surface area contributed by atoms with Gasteiger partial charge in [0.25, 0.3) is 0 Å². The van der Waals surface area contributed by atoms with Crippen molar-refractivity contribution in [2.24, 2.45) is 0 Å². The number of ether oxygens (including phenoxy) is 3. The van der Waals surface area contributed by atoms with Gasteiger partial charge in [0.1, 0.15) is 24.4 Å². The Balaban J connectivity index is 2.50. The second-order valence-corrected chi connectivity index (χ2v) is 26.4. The monoisotopic (exact) mass is 1250 g/mol. The Labute approximate surface area is 548 Å². The van der Waals surface area contributed by atoms with Gasteiger partial charge in [0.2, 0.25) is 5.91 Å². The molecule has 8 unspecified atom stereocenters. The molecule has 6 N–H and O–H groups in total. The van der Waals surface area contributed by atoms with E-state index in [9.17, 15) is 35.1 Å². The zero-order valence-corrected chi connectivity index (χ0v) is 58.1. The van der Waals surface area contributed by atoms with Crippen LogP contribution in [-0.4, -0.2) is 99.6 Å². The Hall–Kier alpha value is -2.64. The average molecular weight is 1250 g/mol. The molecule has 11 nitrogen and oxygen atoms in total. The molecule has 1 aliphatic heterocycles. The highest BCUT2D eigenvalue weighted by Gasteiger charge is 2.47. The van der Waals surface area contributed by atoms with E-state index in [1.54, 1.807) is 6.08 Å². The number of carbonyl (C=O) groups is 2. The number of nitrogens with one attached hydrogen (secondary N) is 1. The number of allylic oxidation sites excluding steroid dienone is 9. The van der Waals surface area contributed by atoms with Gasteiger partial charge in [-0.3, -0.25) is 9.59 Å². The highest BCUT2D eigenvalue weighted by molar-refractivity contribution is 5.80. The predicted molar refractivity (Wildman–Crippen MR) is 375 cm³/mol. The van der Waals surface area contributed by atoms with Gasteiger partial charge in [-0.2, -0.15) is 0 Å². The van der Waals surface area contributed by atoms with Gasteiger partial charge in [0.05, 0.1) is 25.4 Å². The van der Waals surface area contributed by atoms with E-state index in [1.165, 1.54) is 231 Å². The number of esters is 1. The first kappa shape index (κ1) is 84.4. The van der Waals surface area contributed by atoms with E-state index in [1.807, 2.05) is 6.08 Å². The minimum atomic E-state index is -1.62. The smallest absolute Gasteiger partial charge is 0.306 e. The summed E-state index contributed by atoms with van der Waals surface area (Å²) in [5.74, 6) is -1.18. The maximum atomic E-state index is 13.5. The fourth-order valence-corrected chi connectivity index (χ4v) is 11.9. The first-order valence-corrected chi connectivity index (χ1v) is 38.1. The van der Waals surface area contributed by atoms with Crippen LogP contribution in [0, 0.1) is 0 Å². The van der Waals surface area contributed by atoms with Gasteiger partial charge in [-0.1, -0.05) is 345 Å². The second kappa shape index (κ2) is 65.4. The van der Waals surface area contributed by atoms with Crippen LogP contribution in [0.3, 0.4) is 0 Å². The first-order valence-electron chi connectivity index (χ1n) is 38.1. The van der Waals surface area contributed by atoms with Gasteiger partial charge in [-0.15, -0.1) is 0 Å². The molecule has 0 spiro atoms. The van der Waals surface area contributed by atoms with E-state index < -0.39 is 67.4 Å². The molecule has 89 heavy (non-hydrogen) atoms. The third kappa shape index (κ3) is 52.4. The standard InChI is InChI=1S/C78H143NO10/c1-4-7-10-13-16-19-22-24-26-28-30-32-34-35-36-37-38-40-42-44-46-48-51-54-57-60-63-66-73(83)89-76-75(85)74(84)72(67-80)88-78(76)87-68-69(70(81)64-61-58-55-52-49-21-18-15-12-9-6-3)79-77(86)71(82)65-62-59-56-53-50-47-45-43-41-39-33-31-29-27-25-23-20-17-14-11-8-5-2/h16,19,24,26,30,32,35-36,61,64,69-72,74-76,78,80-82,84-85H,4-15,17-18,20-23,25,27-29,31,33-34,37-60,62-63,65-68H2,1-3H3,(H,79,86)/b19-16-,26-24-,32-30-,36-35-,64-61+. The largest absolute Gasteiger partial charge is 0.454 e. The molecule has 1 amide bonds. The van der Waals surface area contributed by atoms with Crippen molar-refractivity contribution in [3.8, 4) is 0 Å². The van der Waals surface area contributed by atoms with E-state index in [0.29, 0.717) is 19.3 Å². The summed E-state index contributed by atoms with van der Waals surface area (Å²) in [6, 6.07) is -1.02. The summed E-state index contributed by atoms with van der Waals surface area (Å²) in [6.45, 7) is 5.81. The van der Waals surface area contributed by atoms with Crippen molar-refractivity contribution < 1.29 is 49.3 Å². The van der Waals surface area contributed by atoms with Crippen LogP contribution in [-0.2, 0) is 23.8 Å². The molecule has 0 aliphatic carbocycles. The Bertz CT molecular complexity index is 1680. The molecule has 1 saturated heterocycles. The SMILES string of the molecule is CCCCC/C=C\C/C=C\C/C=C\C/C=C\CCCCCCCCCCCCCC(=O)OC1C(OCC(NC(=O)C(O)CCCCCCCCCCCCCCCCCCCCCCCC)C(O)/C=C/CCCCCCCCCCC)OC(CO)C(O)C1O. The highest BCUT2D eigenvalue weighted by Crippen LogP contribution is 2.27. The summed E-state index contributed by atoms with van der Waals surface area (Å²) in [5, 5.41) is 57.3. The number of amides is 1. The molecule has 1 fully saturated rings. The Morgan fingerprint density at radius 2 is 0.775 bits per heavy atom. The second-order valence-electron chi connectivity index (χ2n) is 26.4. The fraction of sp³-hybridized carbons (Fsp3) is 0.846. The number of aliphatic hydroxyl groups excluding tert-OH is 5. The molecular weight excluding hydrogens is 1110 g/mol. The number of hydrogen-bond acceptors (Lipinski definition) is 10. The van der Waals surface area contributed by atoms with Crippen LogP contribution < -0.4 is 5.32 Å². The van der Waals surface area contributed by atoms with Crippen LogP contribution in [0.1, 0.15) is 361 Å². The predicted octanol–water partition coefficient (Wildman–Crippen LogP) is 20.1. The summed E-state index contributed by atoms with van der Waals surface area (Å²) < 4.78 is 17.7. The molecule has 1 heterocycles. The topological polar surface area (TPSA) is 175 Å². The first-order chi connectivity index (χ1) is 43.7. The maximum absolute atomic E-state index is 13.5. The van der Waals surface area contributed by atoms with Gasteiger partial charge in [-0.25, -0.2) is 0 Å². The molecule has 0 bridgehead atoms. The van der Waals surface area contributed by atoms with Gasteiger partial charge in [0, 0.05) is 6.42 Å². The molecule has 520 valence electrons. The molecule has 0 radical (unpaired) electrons. The number of carbonyl (C=O) groups excluding carboxylic acids is 2. The van der Waals surface area contributed by atoms with Gasteiger partial charge >= 0.3 is 5.97 Å². The molecule has 0 saturated carbocycles. The van der Waals surface area contributed by atoms with Crippen molar-refractivity contribution >= 4 is 11.9 Å². The third-order valence-electron chi connectivity index (χ3n) is 17.9. The normalized spacial score (nSPS) is 18.4. The lowest BCUT2D eigenvalue weighted by Crippen LogP contribution is -2.61. The van der Waals surface area contributed by atoms with Gasteiger partial charge < -0.3 is 45.1 Å². The summed E-state index contributed by atoms with van der Waals surface area (Å²) in [4.78, 5) is 26.7. The van der Waals surface area contributed by atoms with Crippen molar-refractivity contribution in [3.63, 3.8) is 0 Å². The lowest BCUT2D eigenvalue weighted by atomic mass is 9.99. The molecular formula is C78H143NO10. The molecule has 0 aromatic carbocycles. The Morgan fingerprint density at radius 3 is 1.18 bits per heavy atom. The summed E-state index contributed by atoms with van der Waals surface area (Å²) in [7, 11) is 0. The van der Waals surface area contributed by atoms with Crippen molar-refractivity contribution in [2.75, 3.05) is 13.2 Å². The maximum Gasteiger partial charge on any atom is 0.306 e. The van der Waals surface area contributed by atoms with Crippen molar-refractivity contribution in [2.45, 2.75) is 410 Å². The molecule has 8 atom stereocenters. The van der Waals surface area contributed by atoms with Crippen LogP contribution in [0.2, 0.25) is 0 Å². The minimum absolute atomic E-state index is 0.120. The summed E-state index contributed by atoms with van der Waals surface area (Å²) >= 11 is 0. The van der Waals surface area contributed by atoms with Crippen LogP contribution in [0.5, 0.6) is 0 Å². The highest BCUT2D eigenvalue weighted by atomic mass is 16.7. The van der Waals surface area contributed by atoms with Crippen LogP contribution in [0.15, 0.2) is 60.8 Å². The van der Waals surface area contributed by atoms with Crippen molar-refractivity contribution in [1.29, 1.82) is 0 Å². The van der Waals surface area contributed by atoms with E-state index in [4.69, 9.17) is 14.2 Å². The number of unbranched alkanes of at least 4 members (excludes halogenated alkanes) is 44. The number of aliphatic hydroxyl groups is 5.